The van der Waals surface area contributed by atoms with E-state index in [-0.39, 0.29) is 41.4 Å². The molecule has 3 aromatic rings. The van der Waals surface area contributed by atoms with Crippen LogP contribution in [0, 0.1) is 5.92 Å². The van der Waals surface area contributed by atoms with Gasteiger partial charge in [-0.25, -0.2) is 0 Å². The van der Waals surface area contributed by atoms with Crippen molar-refractivity contribution in [3.63, 3.8) is 0 Å². The highest BCUT2D eigenvalue weighted by Crippen LogP contribution is 2.32. The molecule has 7 nitrogen and oxygen atoms in total. The van der Waals surface area contributed by atoms with Crippen LogP contribution in [0.3, 0.4) is 0 Å². The van der Waals surface area contributed by atoms with Crippen molar-refractivity contribution in [3.05, 3.63) is 65.1 Å². The second-order valence-electron chi connectivity index (χ2n) is 9.86. The minimum atomic E-state index is -5.09. The number of nitrogens with one attached hydrogen (secondary N) is 1. The van der Waals surface area contributed by atoms with Gasteiger partial charge in [0.15, 0.2) is 0 Å². The predicted molar refractivity (Wildman–Crippen MR) is 137 cm³/mol. The van der Waals surface area contributed by atoms with Crippen LogP contribution in [0.5, 0.6) is 0 Å². The molecular formula is C27H28ClF3N4O3. The van der Waals surface area contributed by atoms with Crippen LogP contribution in [0.1, 0.15) is 59.7 Å². The number of fused-ring (bicyclic) bond motifs is 1. The highest BCUT2D eigenvalue weighted by molar-refractivity contribution is 6.37. The molecule has 0 spiro atoms. The highest BCUT2D eigenvalue weighted by Gasteiger charge is 2.48. The lowest BCUT2D eigenvalue weighted by atomic mass is 9.91. The van der Waals surface area contributed by atoms with Crippen LogP contribution < -0.4 is 5.32 Å². The van der Waals surface area contributed by atoms with Crippen molar-refractivity contribution < 1.29 is 27.6 Å². The standard InChI is InChI=1S/C27H28ClF3N4O3/c1-16(2)12-18(17-6-4-10-32-13-17)14-33-24(36)19-15-35(21-8-3-7-20(28)23(19)21)25(37)22-9-5-11-34(22)26(38)27(29,30)31/h3-4,6-8,10,13,15-16,18,22H,5,9,11-12,14H2,1-2H3,(H,33,36)/t18?,22-/m0/s1. The van der Waals surface area contributed by atoms with E-state index in [0.29, 0.717) is 22.7 Å². The van der Waals surface area contributed by atoms with E-state index in [1.165, 1.54) is 6.20 Å². The zero-order valence-electron chi connectivity index (χ0n) is 21.0. The number of hydrogen-bond donors (Lipinski definition) is 1. The Hall–Kier alpha value is -3.40. The second-order valence-corrected chi connectivity index (χ2v) is 10.3. The molecule has 202 valence electrons. The lowest BCUT2D eigenvalue weighted by Crippen LogP contribution is -2.48. The summed E-state index contributed by atoms with van der Waals surface area (Å²) in [5.41, 5.74) is 1.39. The lowest BCUT2D eigenvalue weighted by molar-refractivity contribution is -0.185. The van der Waals surface area contributed by atoms with E-state index in [2.05, 4.69) is 24.1 Å². The molecule has 1 aromatic carbocycles. The normalized spacial score (nSPS) is 16.7. The quantitative estimate of drug-likeness (QED) is 0.426. The fourth-order valence-electron chi connectivity index (χ4n) is 5.02. The number of benzene rings is 1. The fourth-order valence-corrected chi connectivity index (χ4v) is 5.29. The van der Waals surface area contributed by atoms with Crippen molar-refractivity contribution >= 4 is 40.2 Å². The van der Waals surface area contributed by atoms with Gasteiger partial charge in [0, 0.05) is 43.0 Å². The number of pyridine rings is 1. The Bertz CT molecular complexity index is 1340. The van der Waals surface area contributed by atoms with Crippen LogP contribution in [0.4, 0.5) is 13.2 Å². The molecule has 1 N–H and O–H groups in total. The van der Waals surface area contributed by atoms with Crippen LogP contribution in [0.25, 0.3) is 10.9 Å². The summed E-state index contributed by atoms with van der Waals surface area (Å²) < 4.78 is 40.5. The minimum Gasteiger partial charge on any atom is -0.351 e. The maximum atomic E-state index is 13.4. The Labute approximate surface area is 223 Å². The smallest absolute Gasteiger partial charge is 0.351 e. The van der Waals surface area contributed by atoms with Crippen LogP contribution in [0.15, 0.2) is 48.9 Å². The molecular weight excluding hydrogens is 521 g/mol. The van der Waals surface area contributed by atoms with Crippen molar-refractivity contribution in [3.8, 4) is 0 Å². The number of rotatable bonds is 7. The van der Waals surface area contributed by atoms with Gasteiger partial charge in [0.1, 0.15) is 6.04 Å². The highest BCUT2D eigenvalue weighted by atomic mass is 35.5. The van der Waals surface area contributed by atoms with E-state index in [0.717, 1.165) is 16.6 Å². The number of alkyl halides is 3. The number of aromatic nitrogens is 2. The molecule has 0 saturated carbocycles. The fraction of sp³-hybridized carbons (Fsp3) is 0.407. The molecule has 38 heavy (non-hydrogen) atoms. The lowest BCUT2D eigenvalue weighted by Gasteiger charge is -2.24. The summed E-state index contributed by atoms with van der Waals surface area (Å²) >= 11 is 6.42. The number of carbonyl (C=O) groups is 3. The van der Waals surface area contributed by atoms with E-state index in [9.17, 15) is 27.6 Å². The molecule has 1 aliphatic heterocycles. The molecule has 2 amide bonds. The van der Waals surface area contributed by atoms with E-state index in [1.807, 2.05) is 12.1 Å². The first kappa shape index (κ1) is 27.6. The van der Waals surface area contributed by atoms with Crippen molar-refractivity contribution in [2.24, 2.45) is 5.92 Å². The van der Waals surface area contributed by atoms with Crippen molar-refractivity contribution in [2.75, 3.05) is 13.1 Å². The van der Waals surface area contributed by atoms with Gasteiger partial charge in [-0.05, 0) is 48.9 Å². The monoisotopic (exact) mass is 548 g/mol. The molecule has 1 fully saturated rings. The molecule has 0 aliphatic carbocycles. The third-order valence-corrected chi connectivity index (χ3v) is 7.04. The Morgan fingerprint density at radius 2 is 1.95 bits per heavy atom. The topological polar surface area (TPSA) is 84.3 Å². The number of amides is 2. The first-order valence-corrected chi connectivity index (χ1v) is 12.8. The summed E-state index contributed by atoms with van der Waals surface area (Å²) in [5, 5.41) is 3.46. The number of halogens is 4. The van der Waals surface area contributed by atoms with E-state index >= 15 is 0 Å². The molecule has 0 radical (unpaired) electrons. The SMILES string of the molecule is CC(C)CC(CNC(=O)c1cn(C(=O)[C@@H]2CCCN2C(=O)C(F)(F)F)c2cccc(Cl)c12)c1cccnc1. The van der Waals surface area contributed by atoms with Gasteiger partial charge < -0.3 is 10.2 Å². The molecule has 1 unspecified atom stereocenters. The Balaban J connectivity index is 1.64. The molecule has 1 aliphatic rings. The van der Waals surface area contributed by atoms with Gasteiger partial charge in [-0.2, -0.15) is 13.2 Å². The van der Waals surface area contributed by atoms with Crippen LogP contribution >= 0.6 is 11.6 Å². The maximum Gasteiger partial charge on any atom is 0.471 e. The number of carbonyl (C=O) groups excluding carboxylic acids is 3. The van der Waals surface area contributed by atoms with Gasteiger partial charge in [0.05, 0.1) is 16.1 Å². The number of likely N-dealkylation sites (tertiary alicyclic amines) is 1. The average molecular weight is 549 g/mol. The van der Waals surface area contributed by atoms with Crippen molar-refractivity contribution in [1.29, 1.82) is 0 Å². The summed E-state index contributed by atoms with van der Waals surface area (Å²) in [7, 11) is 0. The van der Waals surface area contributed by atoms with Gasteiger partial charge in [-0.3, -0.25) is 23.9 Å². The summed E-state index contributed by atoms with van der Waals surface area (Å²) in [4.78, 5) is 43.5. The first-order chi connectivity index (χ1) is 18.0. The molecule has 2 aromatic heterocycles. The molecule has 4 rings (SSSR count). The Kier molecular flexibility index (Phi) is 8.10. The molecule has 0 bridgehead atoms. The summed E-state index contributed by atoms with van der Waals surface area (Å²) in [6, 6.07) is 7.21. The number of nitrogens with zero attached hydrogens (tertiary/aromatic N) is 3. The Morgan fingerprint density at radius 1 is 1.18 bits per heavy atom. The summed E-state index contributed by atoms with van der Waals surface area (Å²) in [5.74, 6) is -2.88. The largest absolute Gasteiger partial charge is 0.471 e. The third kappa shape index (κ3) is 5.70. The summed E-state index contributed by atoms with van der Waals surface area (Å²) in [6.07, 6.45) is 0.798. The van der Waals surface area contributed by atoms with Crippen molar-refractivity contribution in [2.45, 2.75) is 51.2 Å². The molecule has 3 heterocycles. The predicted octanol–water partition coefficient (Wildman–Crippen LogP) is 5.44. The summed E-state index contributed by atoms with van der Waals surface area (Å²) in [6.45, 7) is 4.30. The number of hydrogen-bond acceptors (Lipinski definition) is 4. The third-order valence-electron chi connectivity index (χ3n) is 6.72. The van der Waals surface area contributed by atoms with Gasteiger partial charge in [-0.15, -0.1) is 0 Å². The molecule has 2 atom stereocenters. The van der Waals surface area contributed by atoms with Gasteiger partial charge in [0.25, 0.3) is 11.8 Å². The molecule has 1 saturated heterocycles. The zero-order chi connectivity index (χ0) is 27.6. The van der Waals surface area contributed by atoms with Gasteiger partial charge in [-0.1, -0.05) is 37.6 Å². The zero-order valence-corrected chi connectivity index (χ0v) is 21.7. The van der Waals surface area contributed by atoms with Crippen LogP contribution in [-0.2, 0) is 4.79 Å². The van der Waals surface area contributed by atoms with Gasteiger partial charge in [0.2, 0.25) is 0 Å². The maximum absolute atomic E-state index is 13.4. The van der Waals surface area contributed by atoms with Crippen LogP contribution in [0.2, 0.25) is 5.02 Å². The van der Waals surface area contributed by atoms with E-state index < -0.39 is 29.9 Å². The van der Waals surface area contributed by atoms with Crippen LogP contribution in [-0.4, -0.2) is 57.5 Å². The first-order valence-electron chi connectivity index (χ1n) is 12.4. The van der Waals surface area contributed by atoms with Gasteiger partial charge >= 0.3 is 12.1 Å². The average Bonchev–Trinajstić information content (AvgIpc) is 3.51. The molecule has 11 heteroatoms. The van der Waals surface area contributed by atoms with E-state index in [4.69, 9.17) is 11.6 Å². The minimum absolute atomic E-state index is 0.00136. The Morgan fingerprint density at radius 3 is 2.61 bits per heavy atom. The second kappa shape index (κ2) is 11.1. The van der Waals surface area contributed by atoms with E-state index in [1.54, 1.807) is 30.6 Å². The van der Waals surface area contributed by atoms with Crippen molar-refractivity contribution in [1.82, 2.24) is 19.8 Å².